The molecule has 6 nitrogen and oxygen atoms in total. The van der Waals surface area contributed by atoms with Crippen molar-refractivity contribution < 1.29 is 4.74 Å². The van der Waals surface area contributed by atoms with E-state index < -0.39 is 0 Å². The maximum Gasteiger partial charge on any atom is 0.158 e. The molecule has 1 saturated heterocycles. The van der Waals surface area contributed by atoms with Gasteiger partial charge in [-0.15, -0.1) is 0 Å². The first-order valence-corrected chi connectivity index (χ1v) is 8.56. The number of rotatable bonds is 3. The van der Waals surface area contributed by atoms with E-state index >= 15 is 0 Å². The van der Waals surface area contributed by atoms with Gasteiger partial charge < -0.3 is 9.64 Å². The fourth-order valence-electron chi connectivity index (χ4n) is 3.29. The standard InChI is InChI=1S/C17H27N5O/c1-7-22-15-14(13(6)20-22)18-16(10(2)3)19-17(15)21-8-11(4)23-12(5)9-21/h10-12H,7-9H2,1-6H3/t11-,12+. The van der Waals surface area contributed by atoms with Crippen molar-refractivity contribution in [2.24, 2.45) is 0 Å². The van der Waals surface area contributed by atoms with E-state index in [0.717, 1.165) is 48.0 Å². The second-order valence-electron chi connectivity index (χ2n) is 6.82. The quantitative estimate of drug-likeness (QED) is 0.871. The van der Waals surface area contributed by atoms with Crippen LogP contribution in [0.3, 0.4) is 0 Å². The molecule has 0 aliphatic carbocycles. The smallest absolute Gasteiger partial charge is 0.158 e. The number of anilines is 1. The van der Waals surface area contributed by atoms with Crippen LogP contribution in [0.2, 0.25) is 0 Å². The van der Waals surface area contributed by atoms with E-state index in [9.17, 15) is 0 Å². The summed E-state index contributed by atoms with van der Waals surface area (Å²) in [6, 6.07) is 0. The summed E-state index contributed by atoms with van der Waals surface area (Å²) in [6.07, 6.45) is 0.399. The zero-order valence-corrected chi connectivity index (χ0v) is 15.0. The van der Waals surface area contributed by atoms with Crippen LogP contribution in [0.15, 0.2) is 0 Å². The number of morpholine rings is 1. The van der Waals surface area contributed by atoms with Crippen LogP contribution in [0.5, 0.6) is 0 Å². The minimum Gasteiger partial charge on any atom is -0.372 e. The minimum absolute atomic E-state index is 0.199. The lowest BCUT2D eigenvalue weighted by Crippen LogP contribution is -2.46. The second-order valence-corrected chi connectivity index (χ2v) is 6.82. The van der Waals surface area contributed by atoms with Crippen LogP contribution >= 0.6 is 0 Å². The molecule has 1 aliphatic rings. The molecule has 1 aliphatic heterocycles. The molecule has 0 aromatic carbocycles. The molecule has 0 N–H and O–H groups in total. The molecule has 1 fully saturated rings. The predicted molar refractivity (Wildman–Crippen MR) is 92.0 cm³/mol. The average Bonchev–Trinajstić information content (AvgIpc) is 2.82. The highest BCUT2D eigenvalue weighted by atomic mass is 16.5. The lowest BCUT2D eigenvalue weighted by molar-refractivity contribution is -0.00540. The maximum atomic E-state index is 5.88. The van der Waals surface area contributed by atoms with Gasteiger partial charge in [0.25, 0.3) is 0 Å². The van der Waals surface area contributed by atoms with Crippen LogP contribution in [0.4, 0.5) is 5.82 Å². The molecule has 2 aromatic rings. The molecule has 0 saturated carbocycles. The summed E-state index contributed by atoms with van der Waals surface area (Å²) in [5, 5.41) is 4.66. The maximum absolute atomic E-state index is 5.88. The van der Waals surface area contributed by atoms with Gasteiger partial charge in [0, 0.05) is 25.6 Å². The number of hydrogen-bond donors (Lipinski definition) is 0. The summed E-state index contributed by atoms with van der Waals surface area (Å²) in [6.45, 7) is 15.2. The lowest BCUT2D eigenvalue weighted by Gasteiger charge is -2.36. The van der Waals surface area contributed by atoms with Gasteiger partial charge in [-0.25, -0.2) is 9.97 Å². The third-order valence-electron chi connectivity index (χ3n) is 4.29. The number of aryl methyl sites for hydroxylation is 2. The zero-order chi connectivity index (χ0) is 16.7. The molecule has 0 unspecified atom stereocenters. The minimum atomic E-state index is 0.199. The van der Waals surface area contributed by atoms with Crippen molar-refractivity contribution in [1.29, 1.82) is 0 Å². The van der Waals surface area contributed by atoms with E-state index in [1.54, 1.807) is 0 Å². The number of aromatic nitrogens is 4. The first kappa shape index (κ1) is 16.2. The molecule has 6 heteroatoms. The molecule has 3 heterocycles. The fraction of sp³-hybridized carbons (Fsp3) is 0.706. The molecule has 2 atom stereocenters. The highest BCUT2D eigenvalue weighted by molar-refractivity contribution is 5.88. The number of ether oxygens (including phenoxy) is 1. The molecule has 23 heavy (non-hydrogen) atoms. The Morgan fingerprint density at radius 3 is 2.39 bits per heavy atom. The summed E-state index contributed by atoms with van der Waals surface area (Å²) < 4.78 is 7.90. The van der Waals surface area contributed by atoms with Gasteiger partial charge in [0.1, 0.15) is 16.9 Å². The summed E-state index contributed by atoms with van der Waals surface area (Å²) in [4.78, 5) is 12.0. The average molecular weight is 317 g/mol. The van der Waals surface area contributed by atoms with E-state index in [0.29, 0.717) is 5.92 Å². The van der Waals surface area contributed by atoms with Crippen LogP contribution < -0.4 is 4.90 Å². The third kappa shape index (κ3) is 2.92. The highest BCUT2D eigenvalue weighted by Gasteiger charge is 2.27. The van der Waals surface area contributed by atoms with E-state index in [4.69, 9.17) is 14.7 Å². The third-order valence-corrected chi connectivity index (χ3v) is 4.29. The van der Waals surface area contributed by atoms with Crippen LogP contribution in [0, 0.1) is 6.92 Å². The Morgan fingerprint density at radius 2 is 1.83 bits per heavy atom. The molecular weight excluding hydrogens is 290 g/mol. The molecule has 2 aromatic heterocycles. The van der Waals surface area contributed by atoms with Crippen molar-refractivity contribution in [2.45, 2.75) is 66.2 Å². The molecule has 126 valence electrons. The Labute approximate surface area is 137 Å². The Morgan fingerprint density at radius 1 is 1.17 bits per heavy atom. The van der Waals surface area contributed by atoms with Gasteiger partial charge in [-0.2, -0.15) is 5.10 Å². The van der Waals surface area contributed by atoms with Crippen molar-refractivity contribution in [3.8, 4) is 0 Å². The Hall–Kier alpha value is -1.69. The monoisotopic (exact) mass is 317 g/mol. The fourth-order valence-corrected chi connectivity index (χ4v) is 3.29. The van der Waals surface area contributed by atoms with Crippen LogP contribution in [-0.2, 0) is 11.3 Å². The van der Waals surface area contributed by atoms with E-state index in [1.165, 1.54) is 0 Å². The van der Waals surface area contributed by atoms with Crippen molar-refractivity contribution in [1.82, 2.24) is 19.7 Å². The van der Waals surface area contributed by atoms with Gasteiger partial charge in [-0.1, -0.05) is 13.8 Å². The van der Waals surface area contributed by atoms with Crippen molar-refractivity contribution in [2.75, 3.05) is 18.0 Å². The first-order valence-electron chi connectivity index (χ1n) is 8.56. The Kier molecular flexibility index (Phi) is 4.27. The lowest BCUT2D eigenvalue weighted by atomic mass is 10.2. The largest absolute Gasteiger partial charge is 0.372 e. The van der Waals surface area contributed by atoms with Crippen LogP contribution in [0.1, 0.15) is 52.1 Å². The Balaban J connectivity index is 2.20. The molecule has 0 radical (unpaired) electrons. The number of hydrogen-bond acceptors (Lipinski definition) is 5. The van der Waals surface area contributed by atoms with Crippen molar-refractivity contribution >= 4 is 16.9 Å². The van der Waals surface area contributed by atoms with E-state index in [-0.39, 0.29) is 12.2 Å². The van der Waals surface area contributed by atoms with Gasteiger partial charge in [-0.05, 0) is 27.7 Å². The summed E-state index contributed by atoms with van der Waals surface area (Å²) >= 11 is 0. The first-order chi connectivity index (χ1) is 10.9. The topological polar surface area (TPSA) is 56.1 Å². The van der Waals surface area contributed by atoms with Gasteiger partial charge in [0.2, 0.25) is 0 Å². The molecule has 3 rings (SSSR count). The normalized spacial score (nSPS) is 22.3. The van der Waals surface area contributed by atoms with Gasteiger partial charge in [0.15, 0.2) is 5.82 Å². The molecule has 0 bridgehead atoms. The molecular formula is C17H27N5O. The molecule has 0 amide bonds. The van der Waals surface area contributed by atoms with Crippen molar-refractivity contribution in [3.05, 3.63) is 11.5 Å². The Bertz CT molecular complexity index is 699. The SMILES string of the molecule is CCn1nc(C)c2nc(C(C)C)nc(N3C[C@@H](C)O[C@@H](C)C3)c21. The van der Waals surface area contributed by atoms with Crippen LogP contribution in [0.25, 0.3) is 11.0 Å². The van der Waals surface area contributed by atoms with Crippen molar-refractivity contribution in [3.63, 3.8) is 0 Å². The molecule has 0 spiro atoms. The zero-order valence-electron chi connectivity index (χ0n) is 15.0. The van der Waals surface area contributed by atoms with Gasteiger partial charge in [-0.3, -0.25) is 4.68 Å². The summed E-state index contributed by atoms with van der Waals surface area (Å²) in [5.74, 6) is 2.18. The second kappa shape index (κ2) is 6.07. The number of fused-ring (bicyclic) bond motifs is 1. The summed E-state index contributed by atoms with van der Waals surface area (Å²) in [7, 11) is 0. The van der Waals surface area contributed by atoms with Crippen LogP contribution in [-0.4, -0.2) is 45.0 Å². The summed E-state index contributed by atoms with van der Waals surface area (Å²) in [5.41, 5.74) is 3.00. The number of nitrogens with zero attached hydrogens (tertiary/aromatic N) is 5. The van der Waals surface area contributed by atoms with E-state index in [1.807, 2.05) is 11.6 Å². The van der Waals surface area contributed by atoms with Gasteiger partial charge in [0.05, 0.1) is 17.9 Å². The predicted octanol–water partition coefficient (Wildman–Crippen LogP) is 2.89. The van der Waals surface area contributed by atoms with Gasteiger partial charge >= 0.3 is 0 Å². The van der Waals surface area contributed by atoms with E-state index in [2.05, 4.69) is 44.6 Å². The highest BCUT2D eigenvalue weighted by Crippen LogP contribution is 2.30.